The molecule has 0 aliphatic carbocycles. The van der Waals surface area contributed by atoms with Gasteiger partial charge in [0.2, 0.25) is 29.5 Å². The van der Waals surface area contributed by atoms with Crippen molar-refractivity contribution in [1.82, 2.24) is 35.8 Å². The minimum absolute atomic E-state index is 0.0228. The standard InChI is InChI=1S/C33H48N8O10/c1-5-48-17-25-39-30-31(41(25)20-33(3,4)47)23-8-6-7-9-24(23)38-32(30)40-27(44)16-35-29(46)19-51-15-13-49-12-14-50-18-28(45)34-11-10-26(43)37-21-36-22(2)42/h6-9,47H,5,10-21H2,1-4H3,(H,34,45)(H,35,46)(H,36,42)(H,37,43)(H,38,40,44). The Morgan fingerprint density at radius 1 is 0.824 bits per heavy atom. The van der Waals surface area contributed by atoms with E-state index >= 15 is 0 Å². The van der Waals surface area contributed by atoms with Crippen LogP contribution in [0.25, 0.3) is 21.9 Å². The van der Waals surface area contributed by atoms with Crippen LogP contribution in [0.4, 0.5) is 5.82 Å². The molecule has 5 amide bonds. The van der Waals surface area contributed by atoms with Gasteiger partial charge in [-0.1, -0.05) is 18.2 Å². The highest BCUT2D eigenvalue weighted by Gasteiger charge is 2.24. The van der Waals surface area contributed by atoms with Crippen molar-refractivity contribution in [2.24, 2.45) is 0 Å². The number of imidazole rings is 1. The molecule has 0 aliphatic heterocycles. The second kappa shape index (κ2) is 20.8. The van der Waals surface area contributed by atoms with Gasteiger partial charge in [-0.25, -0.2) is 9.97 Å². The first-order valence-corrected chi connectivity index (χ1v) is 16.5. The number of amides is 5. The molecule has 0 unspecified atom stereocenters. The zero-order valence-corrected chi connectivity index (χ0v) is 29.5. The van der Waals surface area contributed by atoms with Crippen molar-refractivity contribution in [2.45, 2.75) is 52.9 Å². The first kappa shape index (κ1) is 40.7. The molecule has 2 aromatic heterocycles. The summed E-state index contributed by atoms with van der Waals surface area (Å²) in [6.07, 6.45) is 0.0561. The second-order valence-corrected chi connectivity index (χ2v) is 11.9. The van der Waals surface area contributed by atoms with Crippen molar-refractivity contribution in [3.63, 3.8) is 0 Å². The van der Waals surface area contributed by atoms with Crippen LogP contribution in [0, 0.1) is 0 Å². The molecule has 280 valence electrons. The summed E-state index contributed by atoms with van der Waals surface area (Å²) in [5, 5.41) is 24.2. The van der Waals surface area contributed by atoms with E-state index in [1.807, 2.05) is 35.8 Å². The van der Waals surface area contributed by atoms with Crippen LogP contribution in [0.2, 0.25) is 0 Å². The highest BCUT2D eigenvalue weighted by Crippen LogP contribution is 2.31. The molecule has 18 heteroatoms. The van der Waals surface area contributed by atoms with Gasteiger partial charge in [0.05, 0.1) is 62.8 Å². The van der Waals surface area contributed by atoms with E-state index in [9.17, 15) is 29.1 Å². The number of ether oxygens (including phenoxy) is 4. The number of carbonyl (C=O) groups is 5. The molecule has 0 aliphatic rings. The van der Waals surface area contributed by atoms with E-state index in [4.69, 9.17) is 23.9 Å². The van der Waals surface area contributed by atoms with Crippen molar-refractivity contribution in [2.75, 3.05) is 71.3 Å². The Labute approximate surface area is 295 Å². The fourth-order valence-corrected chi connectivity index (χ4v) is 4.63. The van der Waals surface area contributed by atoms with Gasteiger partial charge in [0.1, 0.15) is 31.2 Å². The van der Waals surface area contributed by atoms with Gasteiger partial charge >= 0.3 is 0 Å². The lowest BCUT2D eigenvalue weighted by atomic mass is 10.1. The highest BCUT2D eigenvalue weighted by molar-refractivity contribution is 6.10. The smallest absolute Gasteiger partial charge is 0.246 e. The number of aliphatic hydroxyl groups is 1. The zero-order valence-electron chi connectivity index (χ0n) is 29.5. The zero-order chi connectivity index (χ0) is 37.2. The molecule has 0 spiro atoms. The van der Waals surface area contributed by atoms with Crippen molar-refractivity contribution in [1.29, 1.82) is 0 Å². The number of pyridine rings is 1. The van der Waals surface area contributed by atoms with Crippen LogP contribution in [0.15, 0.2) is 24.3 Å². The van der Waals surface area contributed by atoms with Gasteiger partial charge in [0.15, 0.2) is 5.82 Å². The summed E-state index contributed by atoms with van der Waals surface area (Å²) >= 11 is 0. The van der Waals surface area contributed by atoms with Gasteiger partial charge in [0.25, 0.3) is 0 Å². The number of para-hydroxylation sites is 1. The Hall–Kier alpha value is -4.75. The third kappa shape index (κ3) is 14.6. The number of benzene rings is 1. The lowest BCUT2D eigenvalue weighted by molar-refractivity contribution is -0.128. The fraction of sp³-hybridized carbons (Fsp3) is 0.545. The Kier molecular flexibility index (Phi) is 16.6. The third-order valence-corrected chi connectivity index (χ3v) is 6.85. The van der Waals surface area contributed by atoms with E-state index in [-0.39, 0.29) is 103 Å². The number of anilines is 1. The third-order valence-electron chi connectivity index (χ3n) is 6.85. The van der Waals surface area contributed by atoms with E-state index in [1.54, 1.807) is 13.8 Å². The second-order valence-electron chi connectivity index (χ2n) is 11.9. The van der Waals surface area contributed by atoms with Crippen molar-refractivity contribution >= 4 is 57.3 Å². The number of aromatic nitrogens is 3. The van der Waals surface area contributed by atoms with Crippen LogP contribution in [-0.2, 0) is 56.1 Å². The summed E-state index contributed by atoms with van der Waals surface area (Å²) in [7, 11) is 0. The number of nitrogens with one attached hydrogen (secondary N) is 5. The van der Waals surface area contributed by atoms with Crippen LogP contribution < -0.4 is 26.6 Å². The highest BCUT2D eigenvalue weighted by atomic mass is 16.5. The van der Waals surface area contributed by atoms with Gasteiger partial charge < -0.3 is 55.2 Å². The van der Waals surface area contributed by atoms with Crippen LogP contribution >= 0.6 is 0 Å². The normalized spacial score (nSPS) is 11.4. The predicted molar refractivity (Wildman–Crippen MR) is 185 cm³/mol. The van der Waals surface area contributed by atoms with Crippen LogP contribution in [-0.4, -0.2) is 121 Å². The van der Waals surface area contributed by atoms with Crippen LogP contribution in [0.1, 0.15) is 39.9 Å². The molecule has 2 heterocycles. The molecular weight excluding hydrogens is 668 g/mol. The summed E-state index contributed by atoms with van der Waals surface area (Å²) in [4.78, 5) is 68.6. The minimum atomic E-state index is -1.06. The molecule has 0 bridgehead atoms. The van der Waals surface area contributed by atoms with E-state index in [0.29, 0.717) is 29.0 Å². The summed E-state index contributed by atoms with van der Waals surface area (Å²) in [6.45, 7) is 7.44. The molecule has 18 nitrogen and oxygen atoms in total. The van der Waals surface area contributed by atoms with E-state index in [2.05, 4.69) is 31.6 Å². The Bertz CT molecular complexity index is 1640. The summed E-state index contributed by atoms with van der Waals surface area (Å²) < 4.78 is 23.4. The Morgan fingerprint density at radius 2 is 1.49 bits per heavy atom. The molecule has 3 aromatic rings. The minimum Gasteiger partial charge on any atom is -0.389 e. The van der Waals surface area contributed by atoms with Crippen molar-refractivity contribution < 1.29 is 48.0 Å². The number of fused-ring (bicyclic) bond motifs is 3. The largest absolute Gasteiger partial charge is 0.389 e. The molecule has 1 aromatic carbocycles. The summed E-state index contributed by atoms with van der Waals surface area (Å²) in [6, 6.07) is 7.43. The quantitative estimate of drug-likeness (QED) is 0.0549. The number of rotatable bonds is 23. The monoisotopic (exact) mass is 716 g/mol. The summed E-state index contributed by atoms with van der Waals surface area (Å²) in [5.74, 6) is -1.20. The first-order valence-electron chi connectivity index (χ1n) is 16.5. The topological polar surface area (TPSA) is 233 Å². The van der Waals surface area contributed by atoms with Crippen LogP contribution in [0.3, 0.4) is 0 Å². The Morgan fingerprint density at radius 3 is 2.16 bits per heavy atom. The lowest BCUT2D eigenvalue weighted by Gasteiger charge is -2.20. The molecule has 0 atom stereocenters. The maximum atomic E-state index is 12.9. The number of carbonyl (C=O) groups excluding carboxylic acids is 5. The Balaban J connectivity index is 1.35. The number of hydrogen-bond donors (Lipinski definition) is 6. The molecule has 51 heavy (non-hydrogen) atoms. The fourth-order valence-electron chi connectivity index (χ4n) is 4.63. The predicted octanol–water partition coefficient (Wildman–Crippen LogP) is -0.287. The van der Waals surface area contributed by atoms with Crippen LogP contribution in [0.5, 0.6) is 0 Å². The molecule has 0 radical (unpaired) electrons. The molecule has 0 saturated heterocycles. The van der Waals surface area contributed by atoms with Gasteiger partial charge in [-0.3, -0.25) is 24.0 Å². The van der Waals surface area contributed by atoms with Gasteiger partial charge in [-0.15, -0.1) is 0 Å². The molecule has 0 saturated carbocycles. The van der Waals surface area contributed by atoms with Crippen molar-refractivity contribution in [3.8, 4) is 0 Å². The van der Waals surface area contributed by atoms with E-state index < -0.39 is 17.4 Å². The number of hydrogen-bond acceptors (Lipinski definition) is 12. The molecule has 0 fully saturated rings. The van der Waals surface area contributed by atoms with E-state index in [0.717, 1.165) is 5.39 Å². The van der Waals surface area contributed by atoms with Gasteiger partial charge in [-0.2, -0.15) is 0 Å². The van der Waals surface area contributed by atoms with Gasteiger partial charge in [0, 0.05) is 31.9 Å². The average Bonchev–Trinajstić information content (AvgIpc) is 3.42. The molecule has 6 N–H and O–H groups in total. The summed E-state index contributed by atoms with van der Waals surface area (Å²) in [5.41, 5.74) is 0.687. The number of nitrogens with zero attached hydrogens (tertiary/aromatic N) is 3. The maximum absolute atomic E-state index is 12.9. The SMILES string of the molecule is CCOCc1nc2c(NC(=O)CNC(=O)COCCOCCOCC(=O)NCCC(=O)NCNC(C)=O)nc3ccccc3c2n1CC(C)(C)O. The lowest BCUT2D eigenvalue weighted by Crippen LogP contribution is -2.38. The van der Waals surface area contributed by atoms with E-state index in [1.165, 1.54) is 6.92 Å². The molecular formula is C33H48N8O10. The van der Waals surface area contributed by atoms with Crippen molar-refractivity contribution in [3.05, 3.63) is 30.1 Å². The average molecular weight is 717 g/mol. The molecule has 3 rings (SSSR count). The maximum Gasteiger partial charge on any atom is 0.246 e. The van der Waals surface area contributed by atoms with Gasteiger partial charge in [-0.05, 0) is 26.8 Å². The first-order chi connectivity index (χ1) is 24.4.